The van der Waals surface area contributed by atoms with Crippen molar-refractivity contribution in [1.29, 1.82) is 0 Å². The predicted octanol–water partition coefficient (Wildman–Crippen LogP) is 4.67. The van der Waals surface area contributed by atoms with Crippen molar-refractivity contribution in [1.82, 2.24) is 4.57 Å². The van der Waals surface area contributed by atoms with Gasteiger partial charge in [0.25, 0.3) is 5.91 Å². The molecule has 0 aliphatic heterocycles. The zero-order chi connectivity index (χ0) is 19.7. The van der Waals surface area contributed by atoms with Crippen LogP contribution in [0, 0.1) is 13.8 Å². The van der Waals surface area contributed by atoms with Gasteiger partial charge in [-0.2, -0.15) is 0 Å². The van der Waals surface area contributed by atoms with Crippen LogP contribution in [0.2, 0.25) is 0 Å². The van der Waals surface area contributed by atoms with E-state index in [1.165, 1.54) is 11.3 Å². The second kappa shape index (κ2) is 7.56. The second-order valence-electron chi connectivity index (χ2n) is 6.96. The summed E-state index contributed by atoms with van der Waals surface area (Å²) < 4.78 is 8.46. The fourth-order valence-electron chi connectivity index (χ4n) is 2.94. The summed E-state index contributed by atoms with van der Waals surface area (Å²) in [5.41, 5.74) is 3.69. The summed E-state index contributed by atoms with van der Waals surface area (Å²) in [5.74, 6) is 0.478. The van der Waals surface area contributed by atoms with E-state index in [2.05, 4.69) is 5.32 Å². The number of hydrogen-bond donors (Lipinski definition) is 1. The summed E-state index contributed by atoms with van der Waals surface area (Å²) in [7, 11) is 0. The highest BCUT2D eigenvalue weighted by molar-refractivity contribution is 7.16. The maximum atomic E-state index is 12.5. The van der Waals surface area contributed by atoms with Crippen molar-refractivity contribution in [3.63, 3.8) is 0 Å². The molecule has 6 heteroatoms. The number of thiazole rings is 1. The van der Waals surface area contributed by atoms with E-state index in [0.717, 1.165) is 21.3 Å². The minimum Gasteiger partial charge on any atom is -0.481 e. The molecule has 0 saturated heterocycles. The van der Waals surface area contributed by atoms with Gasteiger partial charge >= 0.3 is 4.87 Å². The number of hydrogen-bond acceptors (Lipinski definition) is 4. The van der Waals surface area contributed by atoms with Gasteiger partial charge in [0.1, 0.15) is 5.75 Å². The van der Waals surface area contributed by atoms with Crippen LogP contribution in [0.3, 0.4) is 0 Å². The first kappa shape index (κ1) is 19.2. The zero-order valence-corrected chi connectivity index (χ0v) is 17.0. The molecule has 1 N–H and O–H groups in total. The number of carbonyl (C=O) groups is 1. The van der Waals surface area contributed by atoms with E-state index in [9.17, 15) is 9.59 Å². The molecule has 0 fully saturated rings. The molecule has 1 heterocycles. The van der Waals surface area contributed by atoms with E-state index in [1.807, 2.05) is 64.1 Å². The molecule has 1 amide bonds. The summed E-state index contributed by atoms with van der Waals surface area (Å²) in [4.78, 5) is 24.7. The first-order chi connectivity index (χ1) is 12.8. The summed E-state index contributed by atoms with van der Waals surface area (Å²) >= 11 is 1.19. The summed E-state index contributed by atoms with van der Waals surface area (Å²) in [6.45, 7) is 9.68. The summed E-state index contributed by atoms with van der Waals surface area (Å²) in [5, 5.41) is 2.88. The molecule has 3 aromatic rings. The van der Waals surface area contributed by atoms with Crippen LogP contribution in [0.15, 0.2) is 41.2 Å². The van der Waals surface area contributed by atoms with Gasteiger partial charge in [-0.25, -0.2) is 0 Å². The van der Waals surface area contributed by atoms with Crippen LogP contribution in [0.4, 0.5) is 5.69 Å². The third-order valence-electron chi connectivity index (χ3n) is 4.63. The molecule has 3 rings (SSSR count). The van der Waals surface area contributed by atoms with Crippen LogP contribution in [0.25, 0.3) is 10.2 Å². The minimum absolute atomic E-state index is 0.00935. The molecule has 0 spiro atoms. The Morgan fingerprint density at radius 2 is 1.89 bits per heavy atom. The highest BCUT2D eigenvalue weighted by Crippen LogP contribution is 2.25. The fourth-order valence-corrected chi connectivity index (χ4v) is 4.00. The van der Waals surface area contributed by atoms with Crippen LogP contribution in [-0.2, 0) is 4.79 Å². The molecule has 0 bridgehead atoms. The largest absolute Gasteiger partial charge is 0.481 e. The molecular weight excluding hydrogens is 360 g/mol. The van der Waals surface area contributed by atoms with Gasteiger partial charge in [0.15, 0.2) is 6.10 Å². The summed E-state index contributed by atoms with van der Waals surface area (Å²) in [6, 6.07) is 11.4. The van der Waals surface area contributed by atoms with Crippen LogP contribution in [0.5, 0.6) is 5.75 Å². The van der Waals surface area contributed by atoms with Gasteiger partial charge in [0.2, 0.25) is 0 Å². The van der Waals surface area contributed by atoms with Gasteiger partial charge in [-0.15, -0.1) is 0 Å². The van der Waals surface area contributed by atoms with Crippen molar-refractivity contribution in [3.05, 3.63) is 57.2 Å². The lowest BCUT2D eigenvalue weighted by Gasteiger charge is -2.17. The SMILES string of the molecule is Cc1cccc(OC(C)C(=O)Nc2ccc3c(c2)sc(=O)n3C(C)C)c1C. The van der Waals surface area contributed by atoms with Gasteiger partial charge < -0.3 is 10.1 Å². The molecule has 0 aliphatic rings. The van der Waals surface area contributed by atoms with E-state index < -0.39 is 6.10 Å². The lowest BCUT2D eigenvalue weighted by atomic mass is 10.1. The number of nitrogens with one attached hydrogen (secondary N) is 1. The summed E-state index contributed by atoms with van der Waals surface area (Å²) in [6.07, 6.45) is -0.639. The van der Waals surface area contributed by atoms with Crippen molar-refractivity contribution in [2.24, 2.45) is 0 Å². The van der Waals surface area contributed by atoms with Gasteiger partial charge in [0, 0.05) is 11.7 Å². The Morgan fingerprint density at radius 1 is 1.15 bits per heavy atom. The minimum atomic E-state index is -0.639. The molecule has 0 radical (unpaired) electrons. The van der Waals surface area contributed by atoms with Crippen LogP contribution in [-0.4, -0.2) is 16.6 Å². The molecule has 1 aromatic heterocycles. The van der Waals surface area contributed by atoms with E-state index in [-0.39, 0.29) is 16.8 Å². The molecule has 5 nitrogen and oxygen atoms in total. The van der Waals surface area contributed by atoms with Gasteiger partial charge in [-0.1, -0.05) is 23.5 Å². The average molecular weight is 385 g/mol. The van der Waals surface area contributed by atoms with Gasteiger partial charge in [-0.3, -0.25) is 14.2 Å². The molecular formula is C21H24N2O3S. The number of rotatable bonds is 5. The number of nitrogens with zero attached hydrogens (tertiary/aromatic N) is 1. The van der Waals surface area contributed by atoms with Crippen LogP contribution < -0.4 is 14.9 Å². The third kappa shape index (κ3) is 3.90. The van der Waals surface area contributed by atoms with E-state index >= 15 is 0 Å². The standard InChI is InChI=1S/C21H24N2O3S/c1-12(2)23-17-10-9-16(11-19(17)27-21(23)25)22-20(24)15(5)26-18-8-6-7-13(3)14(18)4/h6-12,15H,1-5H3,(H,22,24). The number of amides is 1. The first-order valence-electron chi connectivity index (χ1n) is 8.96. The Kier molecular flexibility index (Phi) is 5.37. The normalized spacial score (nSPS) is 12.4. The Morgan fingerprint density at radius 3 is 2.59 bits per heavy atom. The van der Waals surface area contributed by atoms with Gasteiger partial charge in [0.05, 0.1) is 10.2 Å². The van der Waals surface area contributed by atoms with Crippen molar-refractivity contribution in [3.8, 4) is 5.75 Å². The van der Waals surface area contributed by atoms with Crippen molar-refractivity contribution in [2.75, 3.05) is 5.32 Å². The highest BCUT2D eigenvalue weighted by Gasteiger charge is 2.17. The van der Waals surface area contributed by atoms with Gasteiger partial charge in [-0.05, 0) is 70.0 Å². The number of ether oxygens (including phenoxy) is 1. The van der Waals surface area contributed by atoms with E-state index in [0.29, 0.717) is 11.4 Å². The number of carbonyl (C=O) groups excluding carboxylic acids is 1. The van der Waals surface area contributed by atoms with Crippen molar-refractivity contribution in [2.45, 2.75) is 46.8 Å². The number of fused-ring (bicyclic) bond motifs is 1. The monoisotopic (exact) mass is 384 g/mol. The Balaban J connectivity index is 1.77. The zero-order valence-electron chi connectivity index (χ0n) is 16.2. The maximum absolute atomic E-state index is 12.5. The smallest absolute Gasteiger partial charge is 0.308 e. The number of anilines is 1. The third-order valence-corrected chi connectivity index (χ3v) is 5.54. The lowest BCUT2D eigenvalue weighted by molar-refractivity contribution is -0.122. The quantitative estimate of drug-likeness (QED) is 0.695. The lowest BCUT2D eigenvalue weighted by Crippen LogP contribution is -2.30. The molecule has 142 valence electrons. The van der Waals surface area contributed by atoms with Crippen LogP contribution >= 0.6 is 11.3 Å². The Hall–Kier alpha value is -2.60. The first-order valence-corrected chi connectivity index (χ1v) is 9.78. The molecule has 0 aliphatic carbocycles. The van der Waals surface area contributed by atoms with Crippen molar-refractivity contribution >= 4 is 33.1 Å². The molecule has 1 atom stereocenters. The number of benzene rings is 2. The highest BCUT2D eigenvalue weighted by atomic mass is 32.1. The van der Waals surface area contributed by atoms with Crippen molar-refractivity contribution < 1.29 is 9.53 Å². The average Bonchev–Trinajstić information content (AvgIpc) is 2.94. The molecule has 2 aromatic carbocycles. The number of aryl methyl sites for hydroxylation is 1. The fraction of sp³-hybridized carbons (Fsp3) is 0.333. The molecule has 27 heavy (non-hydrogen) atoms. The molecule has 1 unspecified atom stereocenters. The maximum Gasteiger partial charge on any atom is 0.308 e. The number of aromatic nitrogens is 1. The Labute approximate surface area is 162 Å². The predicted molar refractivity (Wildman–Crippen MR) is 111 cm³/mol. The topological polar surface area (TPSA) is 60.3 Å². The van der Waals surface area contributed by atoms with Crippen LogP contribution in [0.1, 0.15) is 37.9 Å². The molecule has 0 saturated carbocycles. The Bertz CT molecular complexity index is 1050. The van der Waals surface area contributed by atoms with E-state index in [4.69, 9.17) is 4.74 Å². The van der Waals surface area contributed by atoms with E-state index in [1.54, 1.807) is 11.5 Å². The second-order valence-corrected chi connectivity index (χ2v) is 7.95.